The molecule has 11 heavy (non-hydrogen) atoms. The highest BCUT2D eigenvalue weighted by molar-refractivity contribution is 5.85. The van der Waals surface area contributed by atoms with Crippen LogP contribution in [0.2, 0.25) is 0 Å². The quantitative estimate of drug-likeness (QED) is 0.518. The molecule has 0 radical (unpaired) electrons. The third-order valence-corrected chi connectivity index (χ3v) is 0.808. The van der Waals surface area contributed by atoms with Crippen LogP contribution in [0.15, 0.2) is 0 Å². The first-order valence-corrected chi connectivity index (χ1v) is 2.85. The molecule has 66 valence electrons. The van der Waals surface area contributed by atoms with Crippen LogP contribution in [-0.2, 0) is 9.59 Å². The van der Waals surface area contributed by atoms with E-state index >= 15 is 0 Å². The third-order valence-electron chi connectivity index (χ3n) is 0.808. The average molecular weight is 183 g/mol. The molecule has 0 bridgehead atoms. The van der Waals surface area contributed by atoms with Crippen LogP contribution in [0.5, 0.6) is 0 Å². The molecule has 0 fully saturated rings. The minimum absolute atomic E-state index is 0. The summed E-state index contributed by atoms with van der Waals surface area (Å²) in [7, 11) is 0. The monoisotopic (exact) mass is 182 g/mol. The number of aliphatic carboxylic acids is 1. The van der Waals surface area contributed by atoms with E-state index in [4.69, 9.17) is 10.8 Å². The lowest BCUT2D eigenvalue weighted by atomic mass is 10.4. The molecule has 0 unspecified atom stereocenters. The summed E-state index contributed by atoms with van der Waals surface area (Å²) in [5, 5.41) is 10.2. The molecule has 0 aliphatic heterocycles. The zero-order valence-corrected chi connectivity index (χ0v) is 6.69. The van der Waals surface area contributed by atoms with E-state index in [9.17, 15) is 9.59 Å². The first kappa shape index (κ1) is 12.8. The molecular weight excluding hydrogens is 172 g/mol. The average Bonchev–Trinajstić information content (AvgIpc) is 1.85. The molecule has 0 aliphatic rings. The Balaban J connectivity index is 0. The molecule has 0 aliphatic carbocycles. The van der Waals surface area contributed by atoms with Crippen molar-refractivity contribution in [1.29, 1.82) is 0 Å². The number of carboxylic acids is 1. The summed E-state index contributed by atoms with van der Waals surface area (Å²) in [6.45, 7) is -0.0930. The summed E-state index contributed by atoms with van der Waals surface area (Å²) in [4.78, 5) is 20.4. The highest BCUT2D eigenvalue weighted by atomic mass is 35.5. The number of halogens is 1. The van der Waals surface area contributed by atoms with Gasteiger partial charge in [0.15, 0.2) is 0 Å². The summed E-state index contributed by atoms with van der Waals surface area (Å²) in [6, 6.07) is 0. The Labute approximate surface area is 70.4 Å². The summed E-state index contributed by atoms with van der Waals surface area (Å²) in [5.74, 6) is -1.38. The van der Waals surface area contributed by atoms with Gasteiger partial charge >= 0.3 is 5.97 Å². The first-order chi connectivity index (χ1) is 4.66. The van der Waals surface area contributed by atoms with Crippen LogP contribution in [0.3, 0.4) is 0 Å². The molecule has 6 heteroatoms. The van der Waals surface area contributed by atoms with Crippen LogP contribution in [0.4, 0.5) is 0 Å². The molecule has 0 aromatic heterocycles. The largest absolute Gasteiger partial charge is 0.480 e. The number of nitrogens with one attached hydrogen (secondary N) is 1. The predicted octanol–water partition coefficient (Wildman–Crippen LogP) is -1.04. The van der Waals surface area contributed by atoms with E-state index in [0.717, 1.165) is 0 Å². The number of hydrogen-bond donors (Lipinski definition) is 3. The molecule has 0 saturated carbocycles. The topological polar surface area (TPSA) is 92.4 Å². The van der Waals surface area contributed by atoms with E-state index in [1.807, 2.05) is 0 Å². The smallest absolute Gasteiger partial charge is 0.322 e. The highest BCUT2D eigenvalue weighted by Gasteiger charge is 2.00. The van der Waals surface area contributed by atoms with Crippen molar-refractivity contribution in [3.63, 3.8) is 0 Å². The molecule has 0 rings (SSSR count). The molecule has 0 aromatic rings. The lowest BCUT2D eigenvalue weighted by Crippen LogP contribution is -2.30. The molecule has 5 nitrogen and oxygen atoms in total. The van der Waals surface area contributed by atoms with Crippen molar-refractivity contribution in [3.05, 3.63) is 0 Å². The molecule has 0 heterocycles. The van der Waals surface area contributed by atoms with Crippen molar-refractivity contribution < 1.29 is 14.7 Å². The van der Waals surface area contributed by atoms with Gasteiger partial charge in [-0.05, 0) is 0 Å². The number of nitrogens with two attached hydrogens (primary N) is 1. The van der Waals surface area contributed by atoms with E-state index in [1.54, 1.807) is 0 Å². The lowest BCUT2D eigenvalue weighted by molar-refractivity contribution is -0.137. The molecule has 4 N–H and O–H groups in total. The van der Waals surface area contributed by atoms with Gasteiger partial charge in [-0.1, -0.05) is 0 Å². The van der Waals surface area contributed by atoms with Gasteiger partial charge in [0.2, 0.25) is 5.91 Å². The van der Waals surface area contributed by atoms with Gasteiger partial charge in [-0.25, -0.2) is 0 Å². The lowest BCUT2D eigenvalue weighted by Gasteiger charge is -1.98. The van der Waals surface area contributed by atoms with E-state index < -0.39 is 5.97 Å². The number of carbonyl (C=O) groups is 2. The fourth-order valence-electron chi connectivity index (χ4n) is 0.394. The Kier molecular flexibility index (Phi) is 8.51. The van der Waals surface area contributed by atoms with Crippen LogP contribution in [0, 0.1) is 0 Å². The summed E-state index contributed by atoms with van der Waals surface area (Å²) in [6.07, 6.45) is 0.174. The van der Waals surface area contributed by atoms with Crippen molar-refractivity contribution in [2.24, 2.45) is 5.73 Å². The minimum Gasteiger partial charge on any atom is -0.480 e. The van der Waals surface area contributed by atoms with Gasteiger partial charge in [-0.15, -0.1) is 12.4 Å². The van der Waals surface area contributed by atoms with Crippen molar-refractivity contribution in [1.82, 2.24) is 5.32 Å². The third kappa shape index (κ3) is 9.19. The Hall–Kier alpha value is -0.810. The van der Waals surface area contributed by atoms with Crippen LogP contribution < -0.4 is 11.1 Å². The SMILES string of the molecule is Cl.NCCC(=O)NCC(=O)O. The van der Waals surface area contributed by atoms with Gasteiger partial charge in [0, 0.05) is 13.0 Å². The second kappa shape index (κ2) is 7.30. The van der Waals surface area contributed by atoms with Crippen LogP contribution in [0.25, 0.3) is 0 Å². The van der Waals surface area contributed by atoms with E-state index in [2.05, 4.69) is 5.32 Å². The Morgan fingerprint density at radius 3 is 2.36 bits per heavy atom. The van der Waals surface area contributed by atoms with E-state index in [0.29, 0.717) is 0 Å². The second-order valence-corrected chi connectivity index (χ2v) is 1.71. The summed E-state index contributed by atoms with van der Waals surface area (Å²) in [5.41, 5.74) is 5.03. The van der Waals surface area contributed by atoms with Gasteiger partial charge in [0.25, 0.3) is 0 Å². The number of amides is 1. The number of rotatable bonds is 4. The van der Waals surface area contributed by atoms with Gasteiger partial charge in [-0.2, -0.15) is 0 Å². The van der Waals surface area contributed by atoms with Gasteiger partial charge in [0.1, 0.15) is 6.54 Å². The molecular formula is C5H11ClN2O3. The predicted molar refractivity (Wildman–Crippen MR) is 41.6 cm³/mol. The Bertz CT molecular complexity index is 140. The van der Waals surface area contributed by atoms with Gasteiger partial charge in [-0.3, -0.25) is 9.59 Å². The van der Waals surface area contributed by atoms with Crippen molar-refractivity contribution >= 4 is 24.3 Å². The molecule has 0 spiro atoms. The maximum absolute atomic E-state index is 10.5. The van der Waals surface area contributed by atoms with Crippen molar-refractivity contribution in [3.8, 4) is 0 Å². The van der Waals surface area contributed by atoms with Crippen molar-refractivity contribution in [2.75, 3.05) is 13.1 Å². The minimum atomic E-state index is -1.05. The molecule has 1 amide bonds. The van der Waals surface area contributed by atoms with Crippen molar-refractivity contribution in [2.45, 2.75) is 6.42 Å². The number of carbonyl (C=O) groups excluding carboxylic acids is 1. The maximum Gasteiger partial charge on any atom is 0.322 e. The van der Waals surface area contributed by atoms with E-state index in [1.165, 1.54) is 0 Å². The summed E-state index contributed by atoms with van der Waals surface area (Å²) < 4.78 is 0. The zero-order valence-electron chi connectivity index (χ0n) is 5.87. The zero-order chi connectivity index (χ0) is 7.98. The van der Waals surface area contributed by atoms with E-state index in [-0.39, 0.29) is 37.8 Å². The first-order valence-electron chi connectivity index (χ1n) is 2.85. The summed E-state index contributed by atoms with van der Waals surface area (Å²) >= 11 is 0. The van der Waals surface area contributed by atoms with Gasteiger partial charge < -0.3 is 16.2 Å². The maximum atomic E-state index is 10.5. The normalized spacial score (nSPS) is 8.09. The van der Waals surface area contributed by atoms with Crippen LogP contribution >= 0.6 is 12.4 Å². The highest BCUT2D eigenvalue weighted by Crippen LogP contribution is 1.72. The number of carboxylic acid groups (broad SMARTS) is 1. The molecule has 0 saturated heterocycles. The Morgan fingerprint density at radius 2 is 2.00 bits per heavy atom. The molecule has 0 atom stereocenters. The molecule has 0 aromatic carbocycles. The number of hydrogen-bond acceptors (Lipinski definition) is 3. The standard InChI is InChI=1S/C5H10N2O3.ClH/c6-2-1-4(8)7-3-5(9)10;/h1-3,6H2,(H,7,8)(H,9,10);1H. The fraction of sp³-hybridized carbons (Fsp3) is 0.600. The Morgan fingerprint density at radius 1 is 1.45 bits per heavy atom. The second-order valence-electron chi connectivity index (χ2n) is 1.71. The van der Waals surface area contributed by atoms with Crippen LogP contribution in [0.1, 0.15) is 6.42 Å². The fourth-order valence-corrected chi connectivity index (χ4v) is 0.394. The van der Waals surface area contributed by atoms with Gasteiger partial charge in [0.05, 0.1) is 0 Å². The van der Waals surface area contributed by atoms with Crippen LogP contribution in [-0.4, -0.2) is 30.1 Å².